The lowest BCUT2D eigenvalue weighted by Gasteiger charge is -2.30. The van der Waals surface area contributed by atoms with E-state index in [0.717, 1.165) is 30.7 Å². The number of nitrogens with one attached hydrogen (secondary N) is 1. The first-order valence-electron chi connectivity index (χ1n) is 4.99. The van der Waals surface area contributed by atoms with Crippen LogP contribution in [0.4, 0.5) is 5.69 Å². The first-order valence-corrected chi connectivity index (χ1v) is 5.78. The molecule has 0 aliphatic carbocycles. The van der Waals surface area contributed by atoms with Gasteiger partial charge in [-0.3, -0.25) is 0 Å². The van der Waals surface area contributed by atoms with Crippen LogP contribution in [0, 0.1) is 6.92 Å². The van der Waals surface area contributed by atoms with Gasteiger partial charge < -0.3 is 10.2 Å². The molecule has 1 aliphatic heterocycles. The van der Waals surface area contributed by atoms with Gasteiger partial charge in [-0.2, -0.15) is 0 Å². The minimum Gasteiger partial charge on any atom is -0.369 e. The second kappa shape index (κ2) is 4.32. The topological polar surface area (TPSA) is 15.3 Å². The predicted molar refractivity (Wildman–Crippen MR) is 64.0 cm³/mol. The van der Waals surface area contributed by atoms with Gasteiger partial charge in [0.15, 0.2) is 0 Å². The maximum absolute atomic E-state index is 3.49. The van der Waals surface area contributed by atoms with E-state index in [9.17, 15) is 0 Å². The van der Waals surface area contributed by atoms with Crippen LogP contribution >= 0.6 is 15.9 Å². The summed E-state index contributed by atoms with van der Waals surface area (Å²) in [4.78, 5) is 2.44. The van der Waals surface area contributed by atoms with Crippen LogP contribution in [-0.2, 0) is 0 Å². The molecule has 14 heavy (non-hydrogen) atoms. The van der Waals surface area contributed by atoms with Gasteiger partial charge in [0, 0.05) is 36.3 Å². The zero-order valence-electron chi connectivity index (χ0n) is 8.39. The van der Waals surface area contributed by atoms with Crippen molar-refractivity contribution in [2.75, 3.05) is 31.1 Å². The van der Waals surface area contributed by atoms with E-state index in [0.29, 0.717) is 0 Å². The molecule has 1 saturated heterocycles. The van der Waals surface area contributed by atoms with Gasteiger partial charge in [-0.05, 0) is 30.7 Å². The zero-order chi connectivity index (χ0) is 9.97. The van der Waals surface area contributed by atoms with Crippen LogP contribution < -0.4 is 10.2 Å². The number of hydrogen-bond donors (Lipinski definition) is 1. The van der Waals surface area contributed by atoms with Crippen molar-refractivity contribution in [2.45, 2.75) is 6.92 Å². The predicted octanol–water partition coefficient (Wildman–Crippen LogP) is 2.17. The molecule has 0 radical (unpaired) electrons. The van der Waals surface area contributed by atoms with Gasteiger partial charge in [0.25, 0.3) is 0 Å². The van der Waals surface area contributed by atoms with Crippen molar-refractivity contribution in [1.82, 2.24) is 5.32 Å². The second-order valence-corrected chi connectivity index (χ2v) is 4.58. The Morgan fingerprint density at radius 1 is 1.29 bits per heavy atom. The first kappa shape index (κ1) is 9.99. The Labute approximate surface area is 93.4 Å². The Balaban J connectivity index is 2.22. The van der Waals surface area contributed by atoms with Gasteiger partial charge in [-0.15, -0.1) is 0 Å². The Kier molecular flexibility index (Phi) is 3.08. The fourth-order valence-corrected chi connectivity index (χ4v) is 2.35. The minimum absolute atomic E-state index is 1.09. The number of hydrogen-bond acceptors (Lipinski definition) is 2. The third kappa shape index (κ3) is 2.10. The van der Waals surface area contributed by atoms with E-state index in [2.05, 4.69) is 51.3 Å². The third-order valence-corrected chi connectivity index (χ3v) is 3.11. The lowest BCUT2D eigenvalue weighted by atomic mass is 10.1. The molecule has 0 atom stereocenters. The van der Waals surface area contributed by atoms with E-state index < -0.39 is 0 Å². The molecule has 1 aromatic carbocycles. The van der Waals surface area contributed by atoms with Gasteiger partial charge in [0.05, 0.1) is 0 Å². The molecule has 1 heterocycles. The quantitative estimate of drug-likeness (QED) is 0.827. The number of halogens is 1. The van der Waals surface area contributed by atoms with Crippen molar-refractivity contribution in [3.8, 4) is 0 Å². The molecule has 0 aromatic heterocycles. The van der Waals surface area contributed by atoms with Crippen LogP contribution in [0.5, 0.6) is 0 Å². The standard InChI is InChI=1S/C11H15BrN2/c1-9-8-10(12)2-3-11(9)14-6-4-13-5-7-14/h2-3,8,13H,4-7H2,1H3. The van der Waals surface area contributed by atoms with E-state index in [1.165, 1.54) is 11.3 Å². The average Bonchev–Trinajstić information content (AvgIpc) is 2.19. The molecule has 2 nitrogen and oxygen atoms in total. The number of nitrogens with zero attached hydrogens (tertiary/aromatic N) is 1. The molecule has 0 amide bonds. The van der Waals surface area contributed by atoms with Crippen molar-refractivity contribution in [1.29, 1.82) is 0 Å². The number of rotatable bonds is 1. The Hall–Kier alpha value is -0.540. The Morgan fingerprint density at radius 2 is 2.00 bits per heavy atom. The first-order chi connectivity index (χ1) is 6.77. The summed E-state index contributed by atoms with van der Waals surface area (Å²) in [6, 6.07) is 6.49. The zero-order valence-corrected chi connectivity index (χ0v) is 9.97. The fourth-order valence-electron chi connectivity index (χ4n) is 1.88. The van der Waals surface area contributed by atoms with E-state index >= 15 is 0 Å². The number of benzene rings is 1. The highest BCUT2D eigenvalue weighted by Gasteiger charge is 2.11. The summed E-state index contributed by atoms with van der Waals surface area (Å²) in [5.41, 5.74) is 2.72. The van der Waals surface area contributed by atoms with Crippen LogP contribution in [-0.4, -0.2) is 26.2 Å². The van der Waals surface area contributed by atoms with Gasteiger partial charge in [0.2, 0.25) is 0 Å². The molecule has 76 valence electrons. The summed E-state index contributed by atoms with van der Waals surface area (Å²) in [5.74, 6) is 0. The average molecular weight is 255 g/mol. The summed E-state index contributed by atoms with van der Waals surface area (Å²) in [6.45, 7) is 6.58. The summed E-state index contributed by atoms with van der Waals surface area (Å²) in [6.07, 6.45) is 0. The van der Waals surface area contributed by atoms with E-state index in [-0.39, 0.29) is 0 Å². The van der Waals surface area contributed by atoms with Crippen molar-refractivity contribution in [2.24, 2.45) is 0 Å². The van der Waals surface area contributed by atoms with Crippen LogP contribution in [0.1, 0.15) is 5.56 Å². The number of aryl methyl sites for hydroxylation is 1. The highest BCUT2D eigenvalue weighted by molar-refractivity contribution is 9.10. The fraction of sp³-hybridized carbons (Fsp3) is 0.455. The maximum atomic E-state index is 3.49. The minimum atomic E-state index is 1.09. The van der Waals surface area contributed by atoms with Gasteiger partial charge >= 0.3 is 0 Å². The van der Waals surface area contributed by atoms with E-state index in [1.54, 1.807) is 0 Å². The van der Waals surface area contributed by atoms with Crippen molar-refractivity contribution >= 4 is 21.6 Å². The van der Waals surface area contributed by atoms with E-state index in [1.807, 2.05) is 0 Å². The lowest BCUT2D eigenvalue weighted by Crippen LogP contribution is -2.43. The highest BCUT2D eigenvalue weighted by Crippen LogP contribution is 2.23. The molecule has 0 unspecified atom stereocenters. The second-order valence-electron chi connectivity index (χ2n) is 3.67. The molecular weight excluding hydrogens is 240 g/mol. The molecule has 2 rings (SSSR count). The summed E-state index contributed by atoms with van der Waals surface area (Å²) >= 11 is 3.49. The smallest absolute Gasteiger partial charge is 0.0397 e. The monoisotopic (exact) mass is 254 g/mol. The summed E-state index contributed by atoms with van der Waals surface area (Å²) in [7, 11) is 0. The van der Waals surface area contributed by atoms with Crippen molar-refractivity contribution in [3.05, 3.63) is 28.2 Å². The van der Waals surface area contributed by atoms with E-state index in [4.69, 9.17) is 0 Å². The van der Waals surface area contributed by atoms with Crippen molar-refractivity contribution in [3.63, 3.8) is 0 Å². The van der Waals surface area contributed by atoms with Crippen LogP contribution in [0.25, 0.3) is 0 Å². The molecule has 1 N–H and O–H groups in total. The molecule has 0 bridgehead atoms. The maximum Gasteiger partial charge on any atom is 0.0397 e. The van der Waals surface area contributed by atoms with Crippen LogP contribution in [0.3, 0.4) is 0 Å². The molecule has 0 saturated carbocycles. The van der Waals surface area contributed by atoms with Gasteiger partial charge in [-0.25, -0.2) is 0 Å². The normalized spacial score (nSPS) is 17.1. The molecule has 0 spiro atoms. The molecule has 1 aliphatic rings. The molecule has 1 aromatic rings. The summed E-state index contributed by atoms with van der Waals surface area (Å²) in [5, 5.41) is 3.36. The summed E-state index contributed by atoms with van der Waals surface area (Å²) < 4.78 is 1.16. The SMILES string of the molecule is Cc1cc(Br)ccc1N1CCNCC1. The Bertz CT molecular complexity index is 319. The highest BCUT2D eigenvalue weighted by atomic mass is 79.9. The van der Waals surface area contributed by atoms with Crippen molar-refractivity contribution < 1.29 is 0 Å². The molecule has 3 heteroatoms. The largest absolute Gasteiger partial charge is 0.369 e. The van der Waals surface area contributed by atoms with Crippen LogP contribution in [0.15, 0.2) is 22.7 Å². The molecule has 1 fully saturated rings. The van der Waals surface area contributed by atoms with Crippen LogP contribution in [0.2, 0.25) is 0 Å². The Morgan fingerprint density at radius 3 is 2.64 bits per heavy atom. The lowest BCUT2D eigenvalue weighted by molar-refractivity contribution is 0.588. The number of piperazine rings is 1. The number of anilines is 1. The van der Waals surface area contributed by atoms with Gasteiger partial charge in [-0.1, -0.05) is 15.9 Å². The third-order valence-electron chi connectivity index (χ3n) is 2.62. The van der Waals surface area contributed by atoms with Gasteiger partial charge in [0.1, 0.15) is 0 Å². The molecular formula is C11H15BrN2.